The molecule has 0 fully saturated rings. The summed E-state index contributed by atoms with van der Waals surface area (Å²) in [7, 11) is 3.82. The van der Waals surface area contributed by atoms with Crippen molar-refractivity contribution in [3.05, 3.63) is 29.3 Å². The van der Waals surface area contributed by atoms with Crippen molar-refractivity contribution < 1.29 is 4.74 Å². The summed E-state index contributed by atoms with van der Waals surface area (Å²) in [6.45, 7) is 2.03. The third kappa shape index (κ3) is 2.13. The molecule has 2 rings (SSSR count). The van der Waals surface area contributed by atoms with E-state index in [9.17, 15) is 0 Å². The normalized spacial score (nSPS) is 21.9. The van der Waals surface area contributed by atoms with Gasteiger partial charge in [0.15, 0.2) is 0 Å². The van der Waals surface area contributed by atoms with E-state index in [2.05, 4.69) is 24.1 Å². The number of methoxy groups -OCH3 is 1. The van der Waals surface area contributed by atoms with Crippen molar-refractivity contribution in [2.45, 2.75) is 19.0 Å². The molecule has 0 bridgehead atoms. The van der Waals surface area contributed by atoms with Crippen LogP contribution in [0, 0.1) is 0 Å². The molecule has 1 aliphatic heterocycles. The third-order valence-corrected chi connectivity index (χ3v) is 3.01. The van der Waals surface area contributed by atoms with Crippen molar-refractivity contribution in [1.29, 1.82) is 0 Å². The van der Waals surface area contributed by atoms with Gasteiger partial charge in [0.2, 0.25) is 0 Å². The van der Waals surface area contributed by atoms with Crippen molar-refractivity contribution in [1.82, 2.24) is 4.90 Å². The Labute approximate surface area is 90.8 Å². The van der Waals surface area contributed by atoms with Gasteiger partial charge in [0, 0.05) is 12.6 Å². The Hall–Kier alpha value is -1.06. The number of fused-ring (bicyclic) bond motifs is 1. The molecule has 0 spiro atoms. The summed E-state index contributed by atoms with van der Waals surface area (Å²) < 4.78 is 5.23. The smallest absolute Gasteiger partial charge is 0.119 e. The summed E-state index contributed by atoms with van der Waals surface area (Å²) in [6.07, 6.45) is 1.01. The first-order valence-corrected chi connectivity index (χ1v) is 5.31. The lowest BCUT2D eigenvalue weighted by molar-refractivity contribution is 0.325. The number of ether oxygens (including phenoxy) is 1. The molecule has 1 aliphatic rings. The lowest BCUT2D eigenvalue weighted by atomic mass is 10.00. The fourth-order valence-corrected chi connectivity index (χ4v) is 2.07. The van der Waals surface area contributed by atoms with E-state index in [1.54, 1.807) is 7.11 Å². The molecule has 1 heterocycles. The van der Waals surface area contributed by atoms with Gasteiger partial charge in [-0.2, -0.15) is 0 Å². The van der Waals surface area contributed by atoms with Crippen LogP contribution in [-0.2, 0) is 6.54 Å². The lowest BCUT2D eigenvalue weighted by Gasteiger charge is -2.14. The number of benzene rings is 1. The zero-order valence-corrected chi connectivity index (χ0v) is 9.36. The van der Waals surface area contributed by atoms with Gasteiger partial charge in [0.05, 0.1) is 7.11 Å². The van der Waals surface area contributed by atoms with Gasteiger partial charge in [0.25, 0.3) is 0 Å². The zero-order chi connectivity index (χ0) is 10.8. The van der Waals surface area contributed by atoms with Crippen LogP contribution in [0.5, 0.6) is 5.75 Å². The maximum atomic E-state index is 6.15. The average Bonchev–Trinajstić information content (AvgIpc) is 2.39. The van der Waals surface area contributed by atoms with Gasteiger partial charge in [-0.25, -0.2) is 0 Å². The van der Waals surface area contributed by atoms with Crippen LogP contribution in [0.15, 0.2) is 18.2 Å². The molecule has 82 valence electrons. The van der Waals surface area contributed by atoms with E-state index in [1.165, 1.54) is 11.1 Å². The van der Waals surface area contributed by atoms with Crippen LogP contribution in [0.3, 0.4) is 0 Å². The Kier molecular flexibility index (Phi) is 2.93. The summed E-state index contributed by atoms with van der Waals surface area (Å²) in [5, 5.41) is 0. The Morgan fingerprint density at radius 2 is 2.27 bits per heavy atom. The minimum Gasteiger partial charge on any atom is -0.497 e. The van der Waals surface area contributed by atoms with E-state index in [1.807, 2.05) is 6.07 Å². The van der Waals surface area contributed by atoms with Crippen LogP contribution in [0.25, 0.3) is 0 Å². The Morgan fingerprint density at radius 3 is 3.00 bits per heavy atom. The van der Waals surface area contributed by atoms with E-state index in [4.69, 9.17) is 10.5 Å². The van der Waals surface area contributed by atoms with E-state index in [0.717, 1.165) is 25.3 Å². The fraction of sp³-hybridized carbons (Fsp3) is 0.500. The van der Waals surface area contributed by atoms with E-state index < -0.39 is 0 Å². The Bertz CT molecular complexity index is 351. The molecule has 0 aliphatic carbocycles. The van der Waals surface area contributed by atoms with E-state index in [0.29, 0.717) is 0 Å². The van der Waals surface area contributed by atoms with Crippen LogP contribution in [0.1, 0.15) is 23.6 Å². The Morgan fingerprint density at radius 1 is 1.47 bits per heavy atom. The van der Waals surface area contributed by atoms with E-state index in [-0.39, 0.29) is 6.04 Å². The van der Waals surface area contributed by atoms with Crippen molar-refractivity contribution in [2.24, 2.45) is 5.73 Å². The number of hydrogen-bond donors (Lipinski definition) is 1. The van der Waals surface area contributed by atoms with Gasteiger partial charge in [-0.1, -0.05) is 6.07 Å². The highest BCUT2D eigenvalue weighted by Gasteiger charge is 2.18. The molecule has 0 radical (unpaired) electrons. The minimum atomic E-state index is 0.139. The highest BCUT2D eigenvalue weighted by atomic mass is 16.5. The summed E-state index contributed by atoms with van der Waals surface area (Å²) in [4.78, 5) is 2.30. The molecule has 15 heavy (non-hydrogen) atoms. The minimum absolute atomic E-state index is 0.139. The number of nitrogens with two attached hydrogens (primary N) is 1. The molecule has 0 unspecified atom stereocenters. The lowest BCUT2D eigenvalue weighted by Crippen LogP contribution is -2.18. The van der Waals surface area contributed by atoms with Crippen molar-refractivity contribution >= 4 is 0 Å². The van der Waals surface area contributed by atoms with Crippen molar-refractivity contribution in [2.75, 3.05) is 20.7 Å². The maximum absolute atomic E-state index is 6.15. The molecule has 2 N–H and O–H groups in total. The molecule has 3 nitrogen and oxygen atoms in total. The van der Waals surface area contributed by atoms with Gasteiger partial charge >= 0.3 is 0 Å². The third-order valence-electron chi connectivity index (χ3n) is 3.01. The van der Waals surface area contributed by atoms with Crippen LogP contribution >= 0.6 is 0 Å². The van der Waals surface area contributed by atoms with Crippen LogP contribution in [0.2, 0.25) is 0 Å². The molecule has 0 saturated carbocycles. The predicted molar refractivity (Wildman–Crippen MR) is 60.9 cm³/mol. The number of rotatable bonds is 1. The number of hydrogen-bond acceptors (Lipinski definition) is 3. The second-order valence-corrected chi connectivity index (χ2v) is 4.20. The van der Waals surface area contributed by atoms with Gasteiger partial charge in [-0.3, -0.25) is 0 Å². The summed E-state index contributed by atoms with van der Waals surface area (Å²) in [5.74, 6) is 0.897. The molecular weight excluding hydrogens is 188 g/mol. The molecule has 0 saturated heterocycles. The first-order chi connectivity index (χ1) is 7.20. The van der Waals surface area contributed by atoms with E-state index >= 15 is 0 Å². The van der Waals surface area contributed by atoms with Crippen molar-refractivity contribution in [3.63, 3.8) is 0 Å². The standard InChI is InChI=1S/C12H18N2O/c1-14-6-5-12(13)11-7-10(15-2)4-3-9(11)8-14/h3-4,7,12H,5-6,8,13H2,1-2H3/t12-/m0/s1. The zero-order valence-electron chi connectivity index (χ0n) is 9.36. The highest BCUT2D eigenvalue weighted by molar-refractivity contribution is 5.38. The maximum Gasteiger partial charge on any atom is 0.119 e. The molecule has 3 heteroatoms. The average molecular weight is 206 g/mol. The van der Waals surface area contributed by atoms with Crippen LogP contribution in [-0.4, -0.2) is 25.6 Å². The second kappa shape index (κ2) is 4.21. The van der Waals surface area contributed by atoms with Gasteiger partial charge in [-0.15, -0.1) is 0 Å². The molecule has 1 aromatic carbocycles. The SMILES string of the molecule is COc1ccc2c(c1)[C@@H](N)CCN(C)C2. The summed E-state index contributed by atoms with van der Waals surface area (Å²) in [5.41, 5.74) is 8.71. The summed E-state index contributed by atoms with van der Waals surface area (Å²) >= 11 is 0. The highest BCUT2D eigenvalue weighted by Crippen LogP contribution is 2.27. The van der Waals surface area contributed by atoms with Gasteiger partial charge in [0.1, 0.15) is 5.75 Å². The summed E-state index contributed by atoms with van der Waals surface area (Å²) in [6, 6.07) is 6.33. The molecular formula is C12H18N2O. The fourth-order valence-electron chi connectivity index (χ4n) is 2.07. The van der Waals surface area contributed by atoms with Gasteiger partial charge < -0.3 is 15.4 Å². The second-order valence-electron chi connectivity index (χ2n) is 4.20. The largest absolute Gasteiger partial charge is 0.497 e. The molecule has 0 aromatic heterocycles. The number of nitrogens with zero attached hydrogens (tertiary/aromatic N) is 1. The molecule has 0 amide bonds. The quantitative estimate of drug-likeness (QED) is 0.757. The Balaban J connectivity index is 2.39. The van der Waals surface area contributed by atoms with Crippen LogP contribution < -0.4 is 10.5 Å². The molecule has 1 aromatic rings. The first-order valence-electron chi connectivity index (χ1n) is 5.31. The van der Waals surface area contributed by atoms with Crippen molar-refractivity contribution in [3.8, 4) is 5.75 Å². The van der Waals surface area contributed by atoms with Crippen LogP contribution in [0.4, 0.5) is 0 Å². The predicted octanol–water partition coefficient (Wildman–Crippen LogP) is 1.53. The first kappa shape index (κ1) is 10.5. The van der Waals surface area contributed by atoms with Gasteiger partial charge in [-0.05, 0) is 43.3 Å². The molecule has 1 atom stereocenters. The monoisotopic (exact) mass is 206 g/mol. The topological polar surface area (TPSA) is 38.5 Å².